The van der Waals surface area contributed by atoms with E-state index in [2.05, 4.69) is 40.1 Å². The number of benzene rings is 1. The molecule has 3 aromatic rings. The van der Waals surface area contributed by atoms with Crippen molar-refractivity contribution in [1.82, 2.24) is 20.2 Å². The zero-order chi connectivity index (χ0) is 13.6. The molecule has 0 aliphatic carbocycles. The van der Waals surface area contributed by atoms with Crippen molar-refractivity contribution in [3.05, 3.63) is 34.5 Å². The molecule has 3 rings (SSSR count). The molecule has 19 heavy (non-hydrogen) atoms. The quantitative estimate of drug-likeness (QED) is 0.690. The van der Waals surface area contributed by atoms with Crippen molar-refractivity contribution in [3.8, 4) is 11.5 Å². The van der Waals surface area contributed by atoms with Gasteiger partial charge in [-0.05, 0) is 44.0 Å². The van der Waals surface area contributed by atoms with Gasteiger partial charge in [0.1, 0.15) is 5.69 Å². The van der Waals surface area contributed by atoms with Crippen LogP contribution in [0.5, 0.6) is 0 Å². The van der Waals surface area contributed by atoms with Gasteiger partial charge in [-0.25, -0.2) is 4.98 Å². The van der Waals surface area contributed by atoms with Crippen molar-refractivity contribution in [2.24, 2.45) is 0 Å². The van der Waals surface area contributed by atoms with Gasteiger partial charge in [-0.15, -0.1) is 0 Å². The maximum atomic E-state index is 11.1. The number of nitrogens with zero attached hydrogens (tertiary/aromatic N) is 2. The second kappa shape index (κ2) is 4.05. The smallest absolute Gasteiger partial charge is 0.159 e. The molecule has 2 heterocycles. The van der Waals surface area contributed by atoms with E-state index in [1.807, 2.05) is 13.0 Å². The van der Waals surface area contributed by atoms with Crippen molar-refractivity contribution >= 4 is 17.3 Å². The van der Waals surface area contributed by atoms with E-state index >= 15 is 0 Å². The van der Waals surface area contributed by atoms with E-state index in [0.29, 0.717) is 17.1 Å². The maximum Gasteiger partial charge on any atom is 0.159 e. The van der Waals surface area contributed by atoms with E-state index in [0.717, 1.165) is 23.0 Å². The molecular formula is C14H14N4O. The Labute approximate surface area is 110 Å². The van der Waals surface area contributed by atoms with Crippen LogP contribution >= 0.6 is 0 Å². The highest BCUT2D eigenvalue weighted by Gasteiger charge is 2.15. The third-order valence-corrected chi connectivity index (χ3v) is 3.43. The second-order valence-corrected chi connectivity index (χ2v) is 4.77. The Hall–Kier alpha value is -2.43. The molecule has 0 radical (unpaired) electrons. The average molecular weight is 254 g/mol. The van der Waals surface area contributed by atoms with Gasteiger partial charge in [-0.1, -0.05) is 0 Å². The van der Waals surface area contributed by atoms with Crippen molar-refractivity contribution < 1.29 is 4.79 Å². The van der Waals surface area contributed by atoms with Crippen LogP contribution in [-0.4, -0.2) is 26.5 Å². The zero-order valence-corrected chi connectivity index (χ0v) is 11.0. The first kappa shape index (κ1) is 11.6. The minimum Gasteiger partial charge on any atom is -0.337 e. The van der Waals surface area contributed by atoms with Gasteiger partial charge in [-0.2, -0.15) is 5.10 Å². The zero-order valence-electron chi connectivity index (χ0n) is 11.0. The lowest BCUT2D eigenvalue weighted by atomic mass is 10.1. The number of aldehydes is 1. The Balaban J connectivity index is 2.23. The van der Waals surface area contributed by atoms with Gasteiger partial charge >= 0.3 is 0 Å². The molecule has 0 aliphatic heterocycles. The highest BCUT2D eigenvalue weighted by Crippen LogP contribution is 2.24. The number of aromatic nitrogens is 4. The highest BCUT2D eigenvalue weighted by atomic mass is 16.1. The number of aryl methyl sites for hydroxylation is 3. The lowest BCUT2D eigenvalue weighted by molar-refractivity contribution is 0.112. The summed E-state index contributed by atoms with van der Waals surface area (Å²) in [6.07, 6.45) is 0.803. The van der Waals surface area contributed by atoms with E-state index in [1.54, 1.807) is 0 Å². The van der Waals surface area contributed by atoms with Crippen LogP contribution in [0.2, 0.25) is 0 Å². The van der Waals surface area contributed by atoms with Crippen LogP contribution in [0, 0.1) is 20.8 Å². The Bertz CT molecular complexity index is 743. The summed E-state index contributed by atoms with van der Waals surface area (Å²) < 4.78 is 0. The molecule has 0 saturated heterocycles. The maximum absolute atomic E-state index is 11.1. The number of carbonyl (C=O) groups excluding carboxylic acids is 1. The standard InChI is InChI=1S/C14H14N4O/c1-7-4-11-12(5-8(7)2)16-14(15-11)13-10(6-19)9(3)17-18-13/h4-6H,1-3H3,(H,15,16)(H,17,18). The van der Waals surface area contributed by atoms with Crippen molar-refractivity contribution in [2.45, 2.75) is 20.8 Å². The molecule has 1 aromatic carbocycles. The average Bonchev–Trinajstić information content (AvgIpc) is 2.93. The molecule has 0 atom stereocenters. The summed E-state index contributed by atoms with van der Waals surface area (Å²) in [5, 5.41) is 6.96. The van der Waals surface area contributed by atoms with Crippen LogP contribution in [0.4, 0.5) is 0 Å². The number of imidazole rings is 1. The Morgan fingerprint density at radius 3 is 2.63 bits per heavy atom. The third-order valence-electron chi connectivity index (χ3n) is 3.43. The predicted octanol–water partition coefficient (Wildman–Crippen LogP) is 2.69. The van der Waals surface area contributed by atoms with E-state index in [-0.39, 0.29) is 0 Å². The minimum atomic E-state index is 0.549. The predicted molar refractivity (Wildman–Crippen MR) is 73.3 cm³/mol. The Morgan fingerprint density at radius 2 is 1.89 bits per heavy atom. The van der Waals surface area contributed by atoms with E-state index in [4.69, 9.17) is 0 Å². The van der Waals surface area contributed by atoms with Gasteiger partial charge in [0, 0.05) is 5.69 Å². The number of H-pyrrole nitrogens is 2. The van der Waals surface area contributed by atoms with Crippen LogP contribution in [0.25, 0.3) is 22.6 Å². The summed E-state index contributed by atoms with van der Waals surface area (Å²) in [4.78, 5) is 18.8. The fraction of sp³-hybridized carbons (Fsp3) is 0.214. The first-order valence-electron chi connectivity index (χ1n) is 6.07. The van der Waals surface area contributed by atoms with E-state index < -0.39 is 0 Å². The van der Waals surface area contributed by atoms with Crippen molar-refractivity contribution in [1.29, 1.82) is 0 Å². The molecule has 0 fully saturated rings. The highest BCUT2D eigenvalue weighted by molar-refractivity contribution is 5.88. The third kappa shape index (κ3) is 1.74. The summed E-state index contributed by atoms with van der Waals surface area (Å²) in [6, 6.07) is 4.09. The largest absolute Gasteiger partial charge is 0.337 e. The van der Waals surface area contributed by atoms with E-state index in [9.17, 15) is 4.79 Å². The summed E-state index contributed by atoms with van der Waals surface area (Å²) in [5.41, 5.74) is 6.10. The summed E-state index contributed by atoms with van der Waals surface area (Å²) >= 11 is 0. The Morgan fingerprint density at radius 1 is 1.16 bits per heavy atom. The number of hydrogen-bond acceptors (Lipinski definition) is 3. The van der Waals surface area contributed by atoms with Gasteiger partial charge < -0.3 is 4.98 Å². The van der Waals surface area contributed by atoms with Gasteiger partial charge in [0.2, 0.25) is 0 Å². The number of fused-ring (bicyclic) bond motifs is 1. The van der Waals surface area contributed by atoms with Crippen molar-refractivity contribution in [3.63, 3.8) is 0 Å². The number of nitrogens with one attached hydrogen (secondary N) is 2. The summed E-state index contributed by atoms with van der Waals surface area (Å²) in [6.45, 7) is 5.93. The fourth-order valence-electron chi connectivity index (χ4n) is 2.14. The molecule has 2 aromatic heterocycles. The fourth-order valence-corrected chi connectivity index (χ4v) is 2.14. The lowest BCUT2D eigenvalue weighted by Crippen LogP contribution is -1.87. The molecule has 0 saturated carbocycles. The molecule has 96 valence electrons. The van der Waals surface area contributed by atoms with Gasteiger partial charge in [0.25, 0.3) is 0 Å². The van der Waals surface area contributed by atoms with Crippen LogP contribution in [0.3, 0.4) is 0 Å². The molecule has 5 nitrogen and oxygen atoms in total. The monoisotopic (exact) mass is 254 g/mol. The SMILES string of the molecule is Cc1cc2nc(-c3n[nH]c(C)c3C=O)[nH]c2cc1C. The van der Waals surface area contributed by atoms with Gasteiger partial charge in [0.15, 0.2) is 12.1 Å². The van der Waals surface area contributed by atoms with Gasteiger partial charge in [-0.3, -0.25) is 9.89 Å². The molecule has 0 amide bonds. The second-order valence-electron chi connectivity index (χ2n) is 4.77. The normalized spacial score (nSPS) is 11.1. The number of aromatic amines is 2. The lowest BCUT2D eigenvalue weighted by Gasteiger charge is -1.97. The van der Waals surface area contributed by atoms with Gasteiger partial charge in [0.05, 0.1) is 16.6 Å². The molecule has 0 spiro atoms. The topological polar surface area (TPSA) is 74.4 Å². The summed E-state index contributed by atoms with van der Waals surface area (Å²) in [5.74, 6) is 0.617. The van der Waals surface area contributed by atoms with Crippen LogP contribution in [0.15, 0.2) is 12.1 Å². The number of carbonyl (C=O) groups is 1. The molecule has 0 aliphatic rings. The van der Waals surface area contributed by atoms with Crippen LogP contribution in [-0.2, 0) is 0 Å². The minimum absolute atomic E-state index is 0.549. The van der Waals surface area contributed by atoms with E-state index in [1.165, 1.54) is 11.1 Å². The molecular weight excluding hydrogens is 240 g/mol. The molecule has 0 unspecified atom stereocenters. The first-order valence-corrected chi connectivity index (χ1v) is 6.07. The number of rotatable bonds is 2. The van der Waals surface area contributed by atoms with Crippen LogP contribution in [0.1, 0.15) is 27.2 Å². The number of hydrogen-bond donors (Lipinski definition) is 2. The van der Waals surface area contributed by atoms with Crippen molar-refractivity contribution in [2.75, 3.05) is 0 Å². The Kier molecular flexibility index (Phi) is 2.48. The summed E-state index contributed by atoms with van der Waals surface area (Å²) in [7, 11) is 0. The molecule has 2 N–H and O–H groups in total. The molecule has 5 heteroatoms. The molecule has 0 bridgehead atoms. The van der Waals surface area contributed by atoms with Crippen LogP contribution < -0.4 is 0 Å². The first-order chi connectivity index (χ1) is 9.10.